The summed E-state index contributed by atoms with van der Waals surface area (Å²) in [6.07, 6.45) is 3.88. The van der Waals surface area contributed by atoms with Gasteiger partial charge in [-0.2, -0.15) is 0 Å². The number of carbonyl (C=O) groups excluding carboxylic acids is 1. The number of methoxy groups -OCH3 is 2. The first-order valence-electron chi connectivity index (χ1n) is 6.88. The van der Waals surface area contributed by atoms with E-state index in [0.717, 1.165) is 5.69 Å². The number of amidine groups is 1. The summed E-state index contributed by atoms with van der Waals surface area (Å²) < 4.78 is 10.6. The number of nitrogens with zero attached hydrogens (tertiary/aromatic N) is 2. The molecule has 0 atom stereocenters. The molecule has 7 heteroatoms. The Morgan fingerprint density at radius 3 is 2.65 bits per heavy atom. The number of hydrogen-bond acceptors (Lipinski definition) is 6. The van der Waals surface area contributed by atoms with Gasteiger partial charge in [0.1, 0.15) is 5.84 Å². The van der Waals surface area contributed by atoms with Crippen molar-refractivity contribution >= 4 is 29.7 Å². The van der Waals surface area contributed by atoms with Gasteiger partial charge in [-0.1, -0.05) is 0 Å². The molecule has 0 radical (unpaired) electrons. The third kappa shape index (κ3) is 3.17. The first-order valence-corrected chi connectivity index (χ1v) is 6.88. The van der Waals surface area contributed by atoms with Gasteiger partial charge in [-0.25, -0.2) is 4.99 Å². The number of halogens is 1. The maximum absolute atomic E-state index is 12.1. The van der Waals surface area contributed by atoms with E-state index in [0.29, 0.717) is 35.1 Å². The van der Waals surface area contributed by atoms with Crippen molar-refractivity contribution in [2.45, 2.75) is 6.42 Å². The predicted molar refractivity (Wildman–Crippen MR) is 91.6 cm³/mol. The van der Waals surface area contributed by atoms with Crippen LogP contribution in [0.2, 0.25) is 0 Å². The molecule has 0 aliphatic carbocycles. The number of ketones is 1. The number of ether oxygens (including phenoxy) is 2. The summed E-state index contributed by atoms with van der Waals surface area (Å²) >= 11 is 0. The van der Waals surface area contributed by atoms with E-state index in [-0.39, 0.29) is 24.6 Å². The van der Waals surface area contributed by atoms with Crippen molar-refractivity contribution in [3.8, 4) is 11.5 Å². The fraction of sp³-hybridized carbons (Fsp3) is 0.250. The molecular weight excluding hydrogens is 318 g/mol. The van der Waals surface area contributed by atoms with Crippen LogP contribution in [0.5, 0.6) is 11.5 Å². The highest BCUT2D eigenvalue weighted by Crippen LogP contribution is 2.33. The quantitative estimate of drug-likeness (QED) is 0.914. The van der Waals surface area contributed by atoms with Crippen LogP contribution in [0.4, 0.5) is 5.69 Å². The molecule has 122 valence electrons. The number of aliphatic imine (C=N–C) groups is 1. The van der Waals surface area contributed by atoms with E-state index in [2.05, 4.69) is 4.99 Å². The molecule has 2 heterocycles. The van der Waals surface area contributed by atoms with Crippen molar-refractivity contribution in [1.29, 1.82) is 0 Å². The van der Waals surface area contributed by atoms with Crippen LogP contribution in [0.15, 0.2) is 46.7 Å². The Morgan fingerprint density at radius 1 is 1.22 bits per heavy atom. The first-order chi connectivity index (χ1) is 10.6. The van der Waals surface area contributed by atoms with Crippen LogP contribution in [-0.4, -0.2) is 32.4 Å². The number of hydrogen-bond donors (Lipinski definition) is 1. The molecule has 0 saturated heterocycles. The summed E-state index contributed by atoms with van der Waals surface area (Å²) in [6, 6.07) is 5.63. The van der Waals surface area contributed by atoms with E-state index in [4.69, 9.17) is 15.2 Å². The molecule has 0 saturated carbocycles. The number of carbonyl (C=O) groups is 1. The van der Waals surface area contributed by atoms with Crippen LogP contribution in [0.3, 0.4) is 0 Å². The van der Waals surface area contributed by atoms with Crippen LogP contribution in [0.25, 0.3) is 0 Å². The zero-order valence-electron chi connectivity index (χ0n) is 12.9. The number of allylic oxidation sites excluding steroid dienone is 1. The lowest BCUT2D eigenvalue weighted by atomic mass is 10.00. The summed E-state index contributed by atoms with van der Waals surface area (Å²) in [5.41, 5.74) is 7.92. The van der Waals surface area contributed by atoms with Crippen LogP contribution in [0.1, 0.15) is 6.42 Å². The summed E-state index contributed by atoms with van der Waals surface area (Å²) in [4.78, 5) is 18.3. The molecular formula is C16H18ClN3O3. The van der Waals surface area contributed by atoms with Crippen molar-refractivity contribution in [3.63, 3.8) is 0 Å². The zero-order valence-corrected chi connectivity index (χ0v) is 13.7. The lowest BCUT2D eigenvalue weighted by Crippen LogP contribution is -2.31. The molecule has 0 spiro atoms. The summed E-state index contributed by atoms with van der Waals surface area (Å²) in [7, 11) is 3.19. The Bertz CT molecular complexity index is 725. The zero-order chi connectivity index (χ0) is 15.7. The number of Topliss-reactive ketones (excluding diaryl/α,β-unsaturated/α-hetero) is 1. The minimum atomic E-state index is 0. The van der Waals surface area contributed by atoms with Gasteiger partial charge in [-0.3, -0.25) is 4.79 Å². The monoisotopic (exact) mass is 335 g/mol. The molecule has 3 rings (SSSR count). The van der Waals surface area contributed by atoms with Crippen molar-refractivity contribution in [3.05, 3.63) is 41.7 Å². The van der Waals surface area contributed by atoms with Gasteiger partial charge < -0.3 is 20.1 Å². The standard InChI is InChI=1S/C16H17N3O3.ClH/c1-21-14-4-3-10(7-15(14)22-2)19-6-5-12-11(9-19)13(20)8-16(17)18-12;/h3-7H,8-9H2,1-2H3,(H2,17,18);1H. The maximum Gasteiger partial charge on any atom is 0.170 e. The Morgan fingerprint density at radius 2 is 1.96 bits per heavy atom. The Balaban J connectivity index is 0.00000192. The van der Waals surface area contributed by atoms with Gasteiger partial charge in [-0.15, -0.1) is 12.4 Å². The second kappa shape index (κ2) is 6.75. The van der Waals surface area contributed by atoms with E-state index >= 15 is 0 Å². The van der Waals surface area contributed by atoms with Gasteiger partial charge in [0.05, 0.1) is 32.9 Å². The van der Waals surface area contributed by atoms with Crippen LogP contribution < -0.4 is 20.1 Å². The highest BCUT2D eigenvalue weighted by Gasteiger charge is 2.25. The minimum Gasteiger partial charge on any atom is -0.493 e. The molecule has 0 fully saturated rings. The van der Waals surface area contributed by atoms with E-state index in [1.54, 1.807) is 20.3 Å². The van der Waals surface area contributed by atoms with E-state index in [1.807, 2.05) is 29.3 Å². The lowest BCUT2D eigenvalue weighted by Gasteiger charge is -2.28. The minimum absolute atomic E-state index is 0. The highest BCUT2D eigenvalue weighted by atomic mass is 35.5. The molecule has 0 aromatic heterocycles. The highest BCUT2D eigenvalue weighted by molar-refractivity contribution is 6.12. The average Bonchev–Trinajstić information content (AvgIpc) is 2.53. The number of nitrogens with two attached hydrogens (primary N) is 1. The van der Waals surface area contributed by atoms with Gasteiger partial charge in [0.15, 0.2) is 17.3 Å². The molecule has 2 N–H and O–H groups in total. The van der Waals surface area contributed by atoms with Crippen LogP contribution in [-0.2, 0) is 4.79 Å². The third-order valence-corrected chi connectivity index (χ3v) is 3.69. The van der Waals surface area contributed by atoms with E-state index in [9.17, 15) is 4.79 Å². The lowest BCUT2D eigenvalue weighted by molar-refractivity contribution is -0.114. The van der Waals surface area contributed by atoms with Gasteiger partial charge in [0.2, 0.25) is 0 Å². The molecule has 0 unspecified atom stereocenters. The summed E-state index contributed by atoms with van der Waals surface area (Å²) in [5.74, 6) is 1.70. The van der Waals surface area contributed by atoms with Crippen LogP contribution >= 0.6 is 12.4 Å². The predicted octanol–water partition coefficient (Wildman–Crippen LogP) is 2.04. The van der Waals surface area contributed by atoms with Gasteiger partial charge in [0, 0.05) is 23.5 Å². The Labute approximate surface area is 140 Å². The van der Waals surface area contributed by atoms with Crippen molar-refractivity contribution in [2.24, 2.45) is 10.7 Å². The fourth-order valence-corrected chi connectivity index (χ4v) is 2.55. The summed E-state index contributed by atoms with van der Waals surface area (Å²) in [6.45, 7) is 0.469. The molecule has 2 aliphatic heterocycles. The fourth-order valence-electron chi connectivity index (χ4n) is 2.55. The van der Waals surface area contributed by atoms with Crippen molar-refractivity contribution in [2.75, 3.05) is 25.7 Å². The second-order valence-corrected chi connectivity index (χ2v) is 5.05. The molecule has 1 aromatic carbocycles. The van der Waals surface area contributed by atoms with Gasteiger partial charge in [-0.05, 0) is 18.2 Å². The topological polar surface area (TPSA) is 77.2 Å². The van der Waals surface area contributed by atoms with E-state index in [1.165, 1.54) is 0 Å². The second-order valence-electron chi connectivity index (χ2n) is 5.05. The SMILES string of the molecule is COc1ccc(N2C=CC3=C(C2)C(=O)CC(N)=N3)cc1OC.Cl. The molecule has 23 heavy (non-hydrogen) atoms. The van der Waals surface area contributed by atoms with E-state index < -0.39 is 0 Å². The Kier molecular flexibility index (Phi) is 4.95. The van der Waals surface area contributed by atoms with Crippen molar-refractivity contribution in [1.82, 2.24) is 0 Å². The molecule has 0 bridgehead atoms. The molecule has 0 amide bonds. The molecule has 6 nitrogen and oxygen atoms in total. The maximum atomic E-state index is 12.1. The third-order valence-electron chi connectivity index (χ3n) is 3.69. The van der Waals surface area contributed by atoms with Gasteiger partial charge in [0.25, 0.3) is 0 Å². The smallest absolute Gasteiger partial charge is 0.170 e. The van der Waals surface area contributed by atoms with Crippen molar-refractivity contribution < 1.29 is 14.3 Å². The van der Waals surface area contributed by atoms with Gasteiger partial charge >= 0.3 is 0 Å². The first kappa shape index (κ1) is 16.9. The average molecular weight is 336 g/mol. The molecule has 2 aliphatic rings. The number of anilines is 1. The van der Waals surface area contributed by atoms with Crippen LogP contribution in [0, 0.1) is 0 Å². The summed E-state index contributed by atoms with van der Waals surface area (Å²) in [5, 5.41) is 0. The number of rotatable bonds is 3. The Hall–Kier alpha value is -2.47. The molecule has 1 aromatic rings. The number of benzene rings is 1. The normalized spacial score (nSPS) is 16.5. The largest absolute Gasteiger partial charge is 0.493 e.